The third kappa shape index (κ3) is 3.57. The van der Waals surface area contributed by atoms with Gasteiger partial charge < -0.3 is 5.32 Å². The lowest BCUT2D eigenvalue weighted by molar-refractivity contribution is 0.102. The Morgan fingerprint density at radius 2 is 1.78 bits per heavy atom. The molecule has 2 aromatic carbocycles. The molecule has 1 amide bonds. The molecular weight excluding hydrogens is 414 g/mol. The molecule has 0 radical (unpaired) electrons. The van der Waals surface area contributed by atoms with E-state index in [0.29, 0.717) is 16.1 Å². The number of nitrogens with zero attached hydrogens (tertiary/aromatic N) is 2. The van der Waals surface area contributed by atoms with E-state index in [-0.39, 0.29) is 5.91 Å². The van der Waals surface area contributed by atoms with E-state index in [4.69, 9.17) is 4.98 Å². The van der Waals surface area contributed by atoms with Gasteiger partial charge in [-0.05, 0) is 49.8 Å². The van der Waals surface area contributed by atoms with Crippen molar-refractivity contribution in [2.24, 2.45) is 0 Å². The molecule has 1 aliphatic rings. The normalized spacial score (nSPS) is 13.2. The molecule has 0 unspecified atom stereocenters. The van der Waals surface area contributed by atoms with E-state index in [1.54, 1.807) is 11.3 Å². The third-order valence-corrected chi connectivity index (χ3v) is 7.38. The van der Waals surface area contributed by atoms with Crippen molar-refractivity contribution in [2.45, 2.75) is 39.0 Å². The zero-order valence-corrected chi connectivity index (χ0v) is 18.8. The van der Waals surface area contributed by atoms with Crippen LogP contribution >= 0.6 is 11.3 Å². The van der Waals surface area contributed by atoms with Crippen molar-refractivity contribution in [2.75, 3.05) is 5.32 Å². The molecule has 2 aromatic heterocycles. The van der Waals surface area contributed by atoms with Crippen LogP contribution in [0.2, 0.25) is 0 Å². The SMILES string of the molecule is Cc1c(-c2ccccc2)nc2ccccc2c1C(=O)Nc1sc2c(c1C#N)CCCCC2. The lowest BCUT2D eigenvalue weighted by Gasteiger charge is -2.14. The highest BCUT2D eigenvalue weighted by Gasteiger charge is 2.24. The summed E-state index contributed by atoms with van der Waals surface area (Å²) >= 11 is 1.56. The van der Waals surface area contributed by atoms with Crippen LogP contribution < -0.4 is 5.32 Å². The maximum absolute atomic E-state index is 13.6. The van der Waals surface area contributed by atoms with Crippen LogP contribution in [0.15, 0.2) is 54.6 Å². The van der Waals surface area contributed by atoms with Crippen molar-refractivity contribution in [3.63, 3.8) is 0 Å². The maximum atomic E-state index is 13.6. The molecule has 2 heterocycles. The Morgan fingerprint density at radius 1 is 1.03 bits per heavy atom. The molecule has 1 N–H and O–H groups in total. The van der Waals surface area contributed by atoms with Crippen LogP contribution in [0.25, 0.3) is 22.2 Å². The molecule has 32 heavy (non-hydrogen) atoms. The van der Waals surface area contributed by atoms with Gasteiger partial charge in [0.15, 0.2) is 0 Å². The van der Waals surface area contributed by atoms with Gasteiger partial charge in [-0.1, -0.05) is 55.0 Å². The van der Waals surface area contributed by atoms with Gasteiger partial charge in [-0.2, -0.15) is 5.26 Å². The number of thiophene rings is 1. The van der Waals surface area contributed by atoms with Crippen molar-refractivity contribution in [1.82, 2.24) is 4.98 Å². The molecule has 0 atom stereocenters. The summed E-state index contributed by atoms with van der Waals surface area (Å²) in [4.78, 5) is 19.7. The first-order chi connectivity index (χ1) is 15.7. The Morgan fingerprint density at radius 3 is 2.59 bits per heavy atom. The first-order valence-corrected chi connectivity index (χ1v) is 11.8. The summed E-state index contributed by atoms with van der Waals surface area (Å²) in [5, 5.41) is 14.4. The van der Waals surface area contributed by atoms with Crippen LogP contribution in [0.5, 0.6) is 0 Å². The minimum atomic E-state index is -0.189. The quantitative estimate of drug-likeness (QED) is 0.364. The molecule has 4 aromatic rings. The van der Waals surface area contributed by atoms with Crippen LogP contribution in [-0.4, -0.2) is 10.9 Å². The van der Waals surface area contributed by atoms with Gasteiger partial charge in [-0.15, -0.1) is 11.3 Å². The van der Waals surface area contributed by atoms with Gasteiger partial charge >= 0.3 is 0 Å². The standard InChI is InChI=1S/C27H23N3OS/c1-17-24(20-13-8-9-14-22(20)29-25(17)18-10-4-2-5-11-18)26(31)30-27-21(16-28)19-12-6-3-7-15-23(19)32-27/h2,4-5,8-11,13-14H,3,6-7,12,15H2,1H3,(H,30,31). The fourth-order valence-electron chi connectivity index (χ4n) is 4.59. The van der Waals surface area contributed by atoms with Gasteiger partial charge in [0.05, 0.1) is 22.3 Å². The summed E-state index contributed by atoms with van der Waals surface area (Å²) in [6.45, 7) is 1.95. The number of rotatable bonds is 3. The Labute approximate surface area is 191 Å². The number of anilines is 1. The number of nitriles is 1. The fourth-order valence-corrected chi connectivity index (χ4v) is 5.83. The number of aromatic nitrogens is 1. The van der Waals surface area contributed by atoms with E-state index in [9.17, 15) is 10.1 Å². The Balaban J connectivity index is 1.62. The first-order valence-electron chi connectivity index (χ1n) is 11.0. The average Bonchev–Trinajstić information content (AvgIpc) is 2.97. The van der Waals surface area contributed by atoms with Crippen LogP contribution in [-0.2, 0) is 12.8 Å². The number of hydrogen-bond acceptors (Lipinski definition) is 4. The Kier molecular flexibility index (Phi) is 5.46. The molecule has 5 rings (SSSR count). The second-order valence-corrected chi connectivity index (χ2v) is 9.28. The molecule has 4 nitrogen and oxygen atoms in total. The van der Waals surface area contributed by atoms with E-state index in [1.165, 1.54) is 11.3 Å². The van der Waals surface area contributed by atoms with Crippen LogP contribution in [0.1, 0.15) is 51.2 Å². The number of carbonyl (C=O) groups excluding carboxylic acids is 1. The van der Waals surface area contributed by atoms with Crippen molar-refractivity contribution in [1.29, 1.82) is 5.26 Å². The molecule has 0 saturated heterocycles. The monoisotopic (exact) mass is 437 g/mol. The van der Waals surface area contributed by atoms with Crippen LogP contribution in [0.4, 0.5) is 5.00 Å². The van der Waals surface area contributed by atoms with Gasteiger partial charge in [0.25, 0.3) is 5.91 Å². The number of amides is 1. The van der Waals surface area contributed by atoms with Crippen molar-refractivity contribution in [3.05, 3.63) is 81.7 Å². The molecule has 5 heteroatoms. The molecule has 0 bridgehead atoms. The summed E-state index contributed by atoms with van der Waals surface area (Å²) in [6.07, 6.45) is 5.33. The van der Waals surface area contributed by atoms with E-state index in [0.717, 1.165) is 59.0 Å². The van der Waals surface area contributed by atoms with Crippen LogP contribution in [0.3, 0.4) is 0 Å². The van der Waals surface area contributed by atoms with Gasteiger partial charge in [-0.3, -0.25) is 4.79 Å². The first kappa shape index (κ1) is 20.4. The van der Waals surface area contributed by atoms with E-state index < -0.39 is 0 Å². The minimum absolute atomic E-state index is 0.189. The Hall–Kier alpha value is -3.49. The smallest absolute Gasteiger partial charge is 0.257 e. The molecule has 0 saturated carbocycles. The predicted molar refractivity (Wildman–Crippen MR) is 130 cm³/mol. The summed E-state index contributed by atoms with van der Waals surface area (Å²) in [7, 11) is 0. The van der Waals surface area contributed by atoms with Gasteiger partial charge in [-0.25, -0.2) is 4.98 Å². The minimum Gasteiger partial charge on any atom is -0.312 e. The highest BCUT2D eigenvalue weighted by molar-refractivity contribution is 7.16. The zero-order chi connectivity index (χ0) is 22.1. The summed E-state index contributed by atoms with van der Waals surface area (Å²) in [6, 6.07) is 20.0. The fraction of sp³-hybridized carbons (Fsp3) is 0.222. The third-order valence-electron chi connectivity index (χ3n) is 6.17. The largest absolute Gasteiger partial charge is 0.312 e. The maximum Gasteiger partial charge on any atom is 0.257 e. The number of carbonyl (C=O) groups is 1. The number of hydrogen-bond donors (Lipinski definition) is 1. The topological polar surface area (TPSA) is 65.8 Å². The van der Waals surface area contributed by atoms with Crippen LogP contribution in [0, 0.1) is 18.3 Å². The van der Waals surface area contributed by atoms with Crippen molar-refractivity contribution < 1.29 is 4.79 Å². The Bertz CT molecular complexity index is 1370. The number of benzene rings is 2. The zero-order valence-electron chi connectivity index (χ0n) is 17.9. The van der Waals surface area contributed by atoms with Gasteiger partial charge in [0.1, 0.15) is 11.1 Å². The number of fused-ring (bicyclic) bond motifs is 2. The molecule has 158 valence electrons. The highest BCUT2D eigenvalue weighted by Crippen LogP contribution is 2.38. The molecule has 0 spiro atoms. The number of nitrogens with one attached hydrogen (secondary N) is 1. The lowest BCUT2D eigenvalue weighted by Crippen LogP contribution is -2.15. The van der Waals surface area contributed by atoms with E-state index >= 15 is 0 Å². The predicted octanol–water partition coefficient (Wildman–Crippen LogP) is 6.66. The molecule has 1 aliphatic carbocycles. The molecular formula is C27H23N3OS. The van der Waals surface area contributed by atoms with E-state index in [1.807, 2.05) is 61.5 Å². The summed E-state index contributed by atoms with van der Waals surface area (Å²) in [5.41, 5.74) is 5.78. The summed E-state index contributed by atoms with van der Waals surface area (Å²) < 4.78 is 0. The average molecular weight is 438 g/mol. The van der Waals surface area contributed by atoms with E-state index in [2.05, 4.69) is 11.4 Å². The number of para-hydroxylation sites is 1. The molecule has 0 aliphatic heterocycles. The molecule has 0 fully saturated rings. The highest BCUT2D eigenvalue weighted by atomic mass is 32.1. The second-order valence-electron chi connectivity index (χ2n) is 8.18. The second kappa shape index (κ2) is 8.57. The summed E-state index contributed by atoms with van der Waals surface area (Å²) in [5.74, 6) is -0.189. The van der Waals surface area contributed by atoms with Gasteiger partial charge in [0, 0.05) is 15.8 Å². The van der Waals surface area contributed by atoms with Gasteiger partial charge in [0.2, 0.25) is 0 Å². The lowest BCUT2D eigenvalue weighted by atomic mass is 9.97. The van der Waals surface area contributed by atoms with Crippen molar-refractivity contribution >= 4 is 33.1 Å². The van der Waals surface area contributed by atoms with Crippen molar-refractivity contribution in [3.8, 4) is 17.3 Å². The number of pyridine rings is 1. The number of aryl methyl sites for hydroxylation is 1.